The van der Waals surface area contributed by atoms with E-state index in [1.807, 2.05) is 13.1 Å². The van der Waals surface area contributed by atoms with Crippen LogP contribution in [-0.4, -0.2) is 29.5 Å². The topological polar surface area (TPSA) is 40.5 Å². The quantitative estimate of drug-likeness (QED) is 0.839. The van der Waals surface area contributed by atoms with Gasteiger partial charge in [-0.1, -0.05) is 18.2 Å². The molecule has 1 saturated carbocycles. The van der Waals surface area contributed by atoms with Gasteiger partial charge in [-0.3, -0.25) is 4.79 Å². The molecule has 16 heavy (non-hydrogen) atoms. The Balaban J connectivity index is 1.93. The molecule has 0 heterocycles. The maximum atomic E-state index is 11.8. The average molecular weight is 219 g/mol. The van der Waals surface area contributed by atoms with Crippen molar-refractivity contribution in [1.82, 2.24) is 4.90 Å². The Hall–Kier alpha value is -1.51. The van der Waals surface area contributed by atoms with Crippen LogP contribution in [0.1, 0.15) is 18.4 Å². The van der Waals surface area contributed by atoms with Gasteiger partial charge in [-0.15, -0.1) is 0 Å². The van der Waals surface area contributed by atoms with Crippen molar-refractivity contribution in [2.24, 2.45) is 5.92 Å². The van der Waals surface area contributed by atoms with E-state index in [-0.39, 0.29) is 18.1 Å². The number of hydrogen-bond acceptors (Lipinski definition) is 2. The molecule has 1 fully saturated rings. The van der Waals surface area contributed by atoms with Crippen molar-refractivity contribution in [3.8, 4) is 5.75 Å². The van der Waals surface area contributed by atoms with Gasteiger partial charge < -0.3 is 10.0 Å². The van der Waals surface area contributed by atoms with E-state index < -0.39 is 0 Å². The van der Waals surface area contributed by atoms with Crippen LogP contribution in [0.4, 0.5) is 0 Å². The molecular weight excluding hydrogens is 202 g/mol. The zero-order valence-electron chi connectivity index (χ0n) is 9.52. The lowest BCUT2D eigenvalue weighted by molar-refractivity contribution is -0.129. The third kappa shape index (κ3) is 2.75. The summed E-state index contributed by atoms with van der Waals surface area (Å²) in [5.41, 5.74) is 0.704. The first-order chi connectivity index (χ1) is 7.66. The maximum absolute atomic E-state index is 11.8. The van der Waals surface area contributed by atoms with Gasteiger partial charge in [0.15, 0.2) is 0 Å². The predicted molar refractivity (Wildman–Crippen MR) is 62.2 cm³/mol. The Bertz CT molecular complexity index is 385. The number of hydrogen-bond donors (Lipinski definition) is 1. The van der Waals surface area contributed by atoms with Crippen LogP contribution < -0.4 is 0 Å². The second-order valence-electron chi connectivity index (χ2n) is 4.52. The van der Waals surface area contributed by atoms with E-state index in [9.17, 15) is 9.90 Å². The number of rotatable bonds is 4. The van der Waals surface area contributed by atoms with Crippen LogP contribution in [0.2, 0.25) is 0 Å². The number of nitrogens with zero attached hydrogens (tertiary/aromatic N) is 1. The van der Waals surface area contributed by atoms with Crippen LogP contribution >= 0.6 is 0 Å². The minimum Gasteiger partial charge on any atom is -0.508 e. The van der Waals surface area contributed by atoms with E-state index in [1.54, 1.807) is 23.1 Å². The molecule has 0 saturated heterocycles. The van der Waals surface area contributed by atoms with E-state index in [0.717, 1.165) is 6.54 Å². The Kier molecular flexibility index (Phi) is 3.13. The lowest BCUT2D eigenvalue weighted by atomic mass is 10.1. The number of amides is 1. The second kappa shape index (κ2) is 4.56. The lowest BCUT2D eigenvalue weighted by Crippen LogP contribution is -2.30. The molecule has 1 aromatic rings. The summed E-state index contributed by atoms with van der Waals surface area (Å²) in [5, 5.41) is 9.56. The minimum atomic E-state index is 0.0772. The number of likely N-dealkylation sites (N-methyl/N-ethyl adjacent to an activating group) is 1. The molecule has 2 rings (SSSR count). The highest BCUT2D eigenvalue weighted by Crippen LogP contribution is 2.29. The molecule has 86 valence electrons. The van der Waals surface area contributed by atoms with Crippen LogP contribution in [0, 0.1) is 5.92 Å². The van der Waals surface area contributed by atoms with Gasteiger partial charge in [0, 0.05) is 19.2 Å². The van der Waals surface area contributed by atoms with Crippen molar-refractivity contribution in [3.63, 3.8) is 0 Å². The number of aromatic hydroxyl groups is 1. The number of benzene rings is 1. The van der Waals surface area contributed by atoms with Crippen LogP contribution in [0.3, 0.4) is 0 Å². The molecule has 1 amide bonds. The summed E-state index contributed by atoms with van der Waals surface area (Å²) in [6.07, 6.45) is 2.78. The number of para-hydroxylation sites is 1. The molecule has 1 aromatic carbocycles. The fraction of sp³-hybridized carbons (Fsp3) is 0.462. The van der Waals surface area contributed by atoms with Gasteiger partial charge in [-0.05, 0) is 24.8 Å². The summed E-state index contributed by atoms with van der Waals surface area (Å²) in [7, 11) is 1.83. The number of phenols is 1. The number of carbonyl (C=O) groups excluding carboxylic acids is 1. The van der Waals surface area contributed by atoms with E-state index in [1.165, 1.54) is 12.8 Å². The van der Waals surface area contributed by atoms with Gasteiger partial charge in [0.25, 0.3) is 0 Å². The Morgan fingerprint density at radius 1 is 1.44 bits per heavy atom. The fourth-order valence-electron chi connectivity index (χ4n) is 1.75. The molecule has 0 radical (unpaired) electrons. The molecule has 0 spiro atoms. The van der Waals surface area contributed by atoms with Gasteiger partial charge in [-0.25, -0.2) is 0 Å². The molecule has 0 atom stereocenters. The van der Waals surface area contributed by atoms with E-state index in [2.05, 4.69) is 0 Å². The van der Waals surface area contributed by atoms with E-state index in [4.69, 9.17) is 0 Å². The lowest BCUT2D eigenvalue weighted by Gasteiger charge is -2.17. The van der Waals surface area contributed by atoms with Gasteiger partial charge in [0.1, 0.15) is 5.75 Å². The molecule has 3 heteroatoms. The van der Waals surface area contributed by atoms with Crippen molar-refractivity contribution < 1.29 is 9.90 Å². The smallest absolute Gasteiger partial charge is 0.226 e. The molecule has 1 N–H and O–H groups in total. The van der Waals surface area contributed by atoms with Crippen molar-refractivity contribution in [3.05, 3.63) is 29.8 Å². The Morgan fingerprint density at radius 2 is 2.12 bits per heavy atom. The normalized spacial score (nSPS) is 14.8. The first-order valence-corrected chi connectivity index (χ1v) is 5.67. The van der Waals surface area contributed by atoms with Crippen molar-refractivity contribution in [2.75, 3.05) is 13.6 Å². The summed E-state index contributed by atoms with van der Waals surface area (Å²) in [6.45, 7) is 0.854. The largest absolute Gasteiger partial charge is 0.508 e. The van der Waals surface area contributed by atoms with Crippen LogP contribution in [0.15, 0.2) is 24.3 Å². The number of phenolic OH excluding ortho intramolecular Hbond substituents is 1. The first-order valence-electron chi connectivity index (χ1n) is 5.67. The highest BCUT2D eigenvalue weighted by Gasteiger charge is 2.24. The maximum Gasteiger partial charge on any atom is 0.226 e. The van der Waals surface area contributed by atoms with Crippen LogP contribution in [-0.2, 0) is 11.2 Å². The first kappa shape index (κ1) is 11.0. The summed E-state index contributed by atoms with van der Waals surface area (Å²) in [4.78, 5) is 13.6. The third-order valence-corrected chi connectivity index (χ3v) is 2.99. The summed E-state index contributed by atoms with van der Waals surface area (Å²) in [5.74, 6) is 0.988. The summed E-state index contributed by atoms with van der Waals surface area (Å²) in [6, 6.07) is 7.00. The van der Waals surface area contributed by atoms with Gasteiger partial charge >= 0.3 is 0 Å². The van der Waals surface area contributed by atoms with Gasteiger partial charge in [-0.2, -0.15) is 0 Å². The minimum absolute atomic E-state index is 0.0772. The molecule has 1 aliphatic rings. The Labute approximate surface area is 95.7 Å². The summed E-state index contributed by atoms with van der Waals surface area (Å²) < 4.78 is 0. The second-order valence-corrected chi connectivity index (χ2v) is 4.52. The van der Waals surface area contributed by atoms with Gasteiger partial charge in [0.2, 0.25) is 5.91 Å². The molecule has 0 unspecified atom stereocenters. The highest BCUT2D eigenvalue weighted by atomic mass is 16.3. The average Bonchev–Trinajstić information content (AvgIpc) is 3.05. The van der Waals surface area contributed by atoms with E-state index >= 15 is 0 Å². The molecule has 0 bridgehead atoms. The van der Waals surface area contributed by atoms with E-state index in [0.29, 0.717) is 11.5 Å². The summed E-state index contributed by atoms with van der Waals surface area (Å²) >= 11 is 0. The third-order valence-electron chi connectivity index (χ3n) is 2.99. The fourth-order valence-corrected chi connectivity index (χ4v) is 1.75. The standard InChI is InChI=1S/C13H17NO2/c1-14(9-10-6-7-10)13(16)8-11-4-2-3-5-12(11)15/h2-5,10,15H,6-9H2,1H3. The highest BCUT2D eigenvalue weighted by molar-refractivity contribution is 5.79. The molecule has 0 aliphatic heterocycles. The zero-order chi connectivity index (χ0) is 11.5. The SMILES string of the molecule is CN(CC1CC1)C(=O)Cc1ccccc1O. The van der Waals surface area contributed by atoms with Crippen molar-refractivity contribution >= 4 is 5.91 Å². The van der Waals surface area contributed by atoms with Crippen molar-refractivity contribution in [2.45, 2.75) is 19.3 Å². The van der Waals surface area contributed by atoms with Crippen LogP contribution in [0.5, 0.6) is 5.75 Å². The number of carbonyl (C=O) groups is 1. The van der Waals surface area contributed by atoms with Gasteiger partial charge in [0.05, 0.1) is 6.42 Å². The molecule has 3 nitrogen and oxygen atoms in total. The Morgan fingerprint density at radius 3 is 2.75 bits per heavy atom. The molecule has 0 aromatic heterocycles. The molecule has 1 aliphatic carbocycles. The van der Waals surface area contributed by atoms with Crippen LogP contribution in [0.25, 0.3) is 0 Å². The van der Waals surface area contributed by atoms with Crippen molar-refractivity contribution in [1.29, 1.82) is 0 Å². The zero-order valence-corrected chi connectivity index (χ0v) is 9.52. The predicted octanol–water partition coefficient (Wildman–Crippen LogP) is 1.80. The molecular formula is C13H17NO2. The monoisotopic (exact) mass is 219 g/mol.